The molecule has 4 bridgehead atoms. The van der Waals surface area contributed by atoms with Crippen LogP contribution in [0.4, 0.5) is 0 Å². The van der Waals surface area contributed by atoms with Crippen LogP contribution in [0.3, 0.4) is 0 Å². The summed E-state index contributed by atoms with van der Waals surface area (Å²) in [5.41, 5.74) is -0.306. The molecule has 0 radical (unpaired) electrons. The summed E-state index contributed by atoms with van der Waals surface area (Å²) in [7, 11) is 3.95. The zero-order chi connectivity index (χ0) is 33.0. The fraction of sp³-hybridized carbons (Fsp3) is 0.821. The summed E-state index contributed by atoms with van der Waals surface area (Å²) in [6, 6.07) is 0. The second-order valence-electron chi connectivity index (χ2n) is 14.8. The minimum absolute atomic E-state index is 0.0859. The van der Waals surface area contributed by atoms with E-state index < -0.39 is 0 Å². The van der Waals surface area contributed by atoms with E-state index >= 15 is 0 Å². The maximum absolute atomic E-state index is 13.3. The lowest BCUT2D eigenvalue weighted by atomic mass is 9.75. The van der Waals surface area contributed by atoms with Crippen molar-refractivity contribution in [2.45, 2.75) is 135 Å². The SMILES string of the molecule is CCCCC/C=C\C/C=C\CCCCCCCCC(=O)OCC(COC(=O)CCCN(C)C)COC(=O)C12CC3CC(CC1C3)C2. The Morgan fingerprint density at radius 2 is 1.24 bits per heavy atom. The topological polar surface area (TPSA) is 82.1 Å². The Morgan fingerprint density at radius 3 is 1.85 bits per heavy atom. The van der Waals surface area contributed by atoms with Gasteiger partial charge in [-0.15, -0.1) is 0 Å². The number of allylic oxidation sites excluding steroid dienone is 4. The fourth-order valence-corrected chi connectivity index (χ4v) is 7.97. The Kier molecular flexibility index (Phi) is 18.0. The highest BCUT2D eigenvalue weighted by molar-refractivity contribution is 5.78. The molecule has 4 saturated carbocycles. The van der Waals surface area contributed by atoms with Crippen LogP contribution in [-0.2, 0) is 28.6 Å². The molecule has 7 heteroatoms. The number of esters is 3. The molecule has 0 aliphatic heterocycles. The molecular formula is C39H65NO6. The maximum Gasteiger partial charge on any atom is 0.312 e. The number of nitrogens with zero attached hydrogens (tertiary/aromatic N) is 1. The zero-order valence-corrected chi connectivity index (χ0v) is 29.5. The molecule has 0 aromatic carbocycles. The van der Waals surface area contributed by atoms with Crippen LogP contribution in [0.25, 0.3) is 0 Å². The van der Waals surface area contributed by atoms with Gasteiger partial charge in [-0.2, -0.15) is 0 Å². The lowest BCUT2D eigenvalue weighted by molar-refractivity contribution is -0.162. The fourth-order valence-electron chi connectivity index (χ4n) is 7.97. The molecule has 4 rings (SSSR count). The highest BCUT2D eigenvalue weighted by Crippen LogP contribution is 2.65. The average molecular weight is 644 g/mol. The third-order valence-electron chi connectivity index (χ3n) is 10.4. The Hall–Kier alpha value is -2.15. The van der Waals surface area contributed by atoms with Crippen molar-refractivity contribution in [3.05, 3.63) is 24.3 Å². The van der Waals surface area contributed by atoms with Gasteiger partial charge >= 0.3 is 17.9 Å². The van der Waals surface area contributed by atoms with Crippen molar-refractivity contribution in [3.63, 3.8) is 0 Å². The summed E-state index contributed by atoms with van der Waals surface area (Å²) >= 11 is 0. The first-order valence-electron chi connectivity index (χ1n) is 18.8. The van der Waals surface area contributed by atoms with Crippen molar-refractivity contribution in [1.82, 2.24) is 4.90 Å². The molecule has 46 heavy (non-hydrogen) atoms. The summed E-state index contributed by atoms with van der Waals surface area (Å²) in [6.07, 6.45) is 30.0. The van der Waals surface area contributed by atoms with Crippen LogP contribution in [0, 0.1) is 29.1 Å². The Balaban J connectivity index is 1.27. The largest absolute Gasteiger partial charge is 0.465 e. The summed E-state index contributed by atoms with van der Waals surface area (Å²) in [5.74, 6) is 0.864. The Bertz CT molecular complexity index is 944. The van der Waals surface area contributed by atoms with E-state index in [1.807, 2.05) is 19.0 Å². The third-order valence-corrected chi connectivity index (χ3v) is 10.4. The predicted octanol–water partition coefficient (Wildman–Crippen LogP) is 8.60. The van der Waals surface area contributed by atoms with Gasteiger partial charge in [-0.25, -0.2) is 0 Å². The highest BCUT2D eigenvalue weighted by atomic mass is 16.6. The molecule has 0 aromatic rings. The molecule has 0 amide bonds. The van der Waals surface area contributed by atoms with E-state index in [1.165, 1.54) is 51.4 Å². The van der Waals surface area contributed by atoms with Gasteiger partial charge in [0.1, 0.15) is 19.8 Å². The van der Waals surface area contributed by atoms with Crippen molar-refractivity contribution in [1.29, 1.82) is 0 Å². The van der Waals surface area contributed by atoms with Crippen LogP contribution >= 0.6 is 0 Å². The number of carbonyl (C=O) groups excluding carboxylic acids is 3. The van der Waals surface area contributed by atoms with Crippen molar-refractivity contribution >= 4 is 17.9 Å². The zero-order valence-electron chi connectivity index (χ0n) is 29.5. The van der Waals surface area contributed by atoms with Gasteiger partial charge in [0.25, 0.3) is 0 Å². The Morgan fingerprint density at radius 1 is 0.696 bits per heavy atom. The molecule has 4 aliphatic carbocycles. The maximum atomic E-state index is 13.3. The van der Waals surface area contributed by atoms with Gasteiger partial charge in [-0.3, -0.25) is 14.4 Å². The van der Waals surface area contributed by atoms with E-state index in [-0.39, 0.29) is 49.1 Å². The molecule has 4 fully saturated rings. The van der Waals surface area contributed by atoms with Gasteiger partial charge in [0.2, 0.25) is 0 Å². The minimum atomic E-state index is -0.353. The first-order chi connectivity index (χ1) is 22.3. The summed E-state index contributed by atoms with van der Waals surface area (Å²) in [6.45, 7) is 3.36. The standard InChI is InChI=1S/C39H65NO6/c1-4-5-6-7-8-9-10-11-12-13-14-15-16-17-18-19-21-36(41)44-29-34(30-45-37(42)22-20-23-40(2)3)31-46-38(43)39-27-32-24-33(28-39)26-35(39)25-32/h8-9,11-12,32-35H,4-7,10,13-31H2,1-3H3/b9-8-,12-11-. The van der Waals surface area contributed by atoms with Crippen LogP contribution in [0.5, 0.6) is 0 Å². The lowest BCUT2D eigenvalue weighted by Gasteiger charge is -2.31. The van der Waals surface area contributed by atoms with Gasteiger partial charge in [0.15, 0.2) is 0 Å². The van der Waals surface area contributed by atoms with Crippen LogP contribution in [-0.4, -0.2) is 63.3 Å². The monoisotopic (exact) mass is 643 g/mol. The number of carbonyl (C=O) groups is 3. The number of rotatable bonds is 26. The average Bonchev–Trinajstić information content (AvgIpc) is 3.44. The molecular weight excluding hydrogens is 578 g/mol. The first-order valence-corrected chi connectivity index (χ1v) is 18.8. The number of ether oxygens (including phenoxy) is 3. The number of hydrogen-bond donors (Lipinski definition) is 0. The predicted molar refractivity (Wildman–Crippen MR) is 184 cm³/mol. The van der Waals surface area contributed by atoms with Crippen molar-refractivity contribution in [2.24, 2.45) is 29.1 Å². The second-order valence-corrected chi connectivity index (χ2v) is 14.8. The van der Waals surface area contributed by atoms with Crippen molar-refractivity contribution < 1.29 is 28.6 Å². The van der Waals surface area contributed by atoms with Crippen LogP contribution < -0.4 is 0 Å². The highest BCUT2D eigenvalue weighted by Gasteiger charge is 2.62. The molecule has 4 aliphatic rings. The Labute approximate surface area is 280 Å². The van der Waals surface area contributed by atoms with Gasteiger partial charge in [0.05, 0.1) is 11.3 Å². The molecule has 0 spiro atoms. The number of hydrogen-bond acceptors (Lipinski definition) is 7. The van der Waals surface area contributed by atoms with E-state index in [0.29, 0.717) is 30.6 Å². The van der Waals surface area contributed by atoms with E-state index in [0.717, 1.165) is 70.8 Å². The van der Waals surface area contributed by atoms with Gasteiger partial charge in [-0.05, 0) is 115 Å². The van der Waals surface area contributed by atoms with E-state index in [9.17, 15) is 14.4 Å². The quantitative estimate of drug-likeness (QED) is 0.0404. The summed E-state index contributed by atoms with van der Waals surface area (Å²) in [4.78, 5) is 40.2. The summed E-state index contributed by atoms with van der Waals surface area (Å²) < 4.78 is 17.0. The van der Waals surface area contributed by atoms with Gasteiger partial charge in [0, 0.05) is 12.8 Å². The summed E-state index contributed by atoms with van der Waals surface area (Å²) in [5, 5.41) is 0. The first kappa shape index (κ1) is 38.3. The minimum Gasteiger partial charge on any atom is -0.465 e. The van der Waals surface area contributed by atoms with Crippen molar-refractivity contribution in [3.8, 4) is 0 Å². The van der Waals surface area contributed by atoms with Gasteiger partial charge in [-0.1, -0.05) is 69.8 Å². The van der Waals surface area contributed by atoms with Crippen LogP contribution in [0.2, 0.25) is 0 Å². The van der Waals surface area contributed by atoms with E-state index in [4.69, 9.17) is 14.2 Å². The van der Waals surface area contributed by atoms with E-state index in [2.05, 4.69) is 31.2 Å². The molecule has 262 valence electrons. The molecule has 0 heterocycles. The molecule has 3 unspecified atom stereocenters. The third kappa shape index (κ3) is 13.9. The smallest absolute Gasteiger partial charge is 0.312 e. The normalized spacial score (nSPS) is 24.0. The lowest BCUT2D eigenvalue weighted by Crippen LogP contribution is -2.36. The van der Waals surface area contributed by atoms with Crippen molar-refractivity contribution in [2.75, 3.05) is 40.5 Å². The van der Waals surface area contributed by atoms with Crippen LogP contribution in [0.15, 0.2) is 24.3 Å². The van der Waals surface area contributed by atoms with Gasteiger partial charge < -0.3 is 19.1 Å². The molecule has 0 aromatic heterocycles. The second kappa shape index (κ2) is 21.7. The molecule has 3 atom stereocenters. The van der Waals surface area contributed by atoms with Crippen LogP contribution in [0.1, 0.15) is 135 Å². The molecule has 0 N–H and O–H groups in total. The molecule has 7 nitrogen and oxygen atoms in total. The number of unbranched alkanes of at least 4 members (excludes halogenated alkanes) is 9. The van der Waals surface area contributed by atoms with E-state index in [1.54, 1.807) is 0 Å². The molecule has 0 saturated heterocycles.